The fraction of sp³-hybridized carbons (Fsp3) is 0.111. The first-order valence-corrected chi connectivity index (χ1v) is 10.4. The molecule has 0 radical (unpaired) electrons. The van der Waals surface area contributed by atoms with Gasteiger partial charge in [-0.1, -0.05) is 74.0 Å². The number of rotatable bonds is 7. The van der Waals surface area contributed by atoms with E-state index in [1.807, 2.05) is 24.4 Å². The van der Waals surface area contributed by atoms with Gasteiger partial charge in [0.2, 0.25) is 0 Å². The molecular weight excluding hydrogens is 384 g/mol. The second kappa shape index (κ2) is 9.26. The second-order valence-electron chi connectivity index (χ2n) is 7.44. The summed E-state index contributed by atoms with van der Waals surface area (Å²) in [5, 5.41) is 17.1. The predicted octanol–water partition coefficient (Wildman–Crippen LogP) is 6.42. The number of aliphatic carboxylic acids is 1. The number of hydrogen-bond donors (Lipinski definition) is 2. The molecule has 0 aliphatic heterocycles. The van der Waals surface area contributed by atoms with Crippen molar-refractivity contribution in [2.24, 2.45) is 0 Å². The smallest absolute Gasteiger partial charge is 0.328 e. The summed E-state index contributed by atoms with van der Waals surface area (Å²) in [6.45, 7) is 2.19. The summed E-state index contributed by atoms with van der Waals surface area (Å²) >= 11 is 0. The van der Waals surface area contributed by atoms with Crippen LogP contribution in [0.25, 0.3) is 28.1 Å². The maximum Gasteiger partial charge on any atom is 0.328 e. The van der Waals surface area contributed by atoms with Crippen LogP contribution in [0.4, 0.5) is 0 Å². The maximum atomic E-state index is 10.8. The Morgan fingerprint density at radius 2 is 1.71 bits per heavy atom. The number of aromatic amines is 1. The van der Waals surface area contributed by atoms with Gasteiger partial charge in [0.15, 0.2) is 0 Å². The molecule has 0 saturated carbocycles. The minimum absolute atomic E-state index is 0.854. The number of carboxylic acids is 1. The van der Waals surface area contributed by atoms with Crippen molar-refractivity contribution in [3.05, 3.63) is 107 Å². The van der Waals surface area contributed by atoms with E-state index >= 15 is 0 Å². The first kappa shape index (κ1) is 20.4. The van der Waals surface area contributed by atoms with E-state index in [4.69, 9.17) is 5.11 Å². The van der Waals surface area contributed by atoms with E-state index in [9.17, 15) is 4.79 Å². The Morgan fingerprint density at radius 3 is 2.42 bits per heavy atom. The summed E-state index contributed by atoms with van der Waals surface area (Å²) in [5.74, 6) is -0.951. The van der Waals surface area contributed by atoms with Gasteiger partial charge in [-0.3, -0.25) is 5.10 Å². The molecule has 1 heterocycles. The normalized spacial score (nSPS) is 12.3. The molecule has 4 rings (SSSR count). The Bertz CT molecular complexity index is 1250. The average Bonchev–Trinajstić information content (AvgIpc) is 3.27. The van der Waals surface area contributed by atoms with Crippen molar-refractivity contribution in [2.45, 2.75) is 19.8 Å². The summed E-state index contributed by atoms with van der Waals surface area (Å²) in [7, 11) is 0. The molecule has 1 aromatic heterocycles. The van der Waals surface area contributed by atoms with Crippen molar-refractivity contribution in [1.29, 1.82) is 0 Å². The second-order valence-corrected chi connectivity index (χ2v) is 7.44. The van der Waals surface area contributed by atoms with Crippen LogP contribution < -0.4 is 0 Å². The third-order valence-corrected chi connectivity index (χ3v) is 5.27. The van der Waals surface area contributed by atoms with E-state index < -0.39 is 5.97 Å². The minimum atomic E-state index is -0.951. The van der Waals surface area contributed by atoms with Gasteiger partial charge in [-0.25, -0.2) is 4.79 Å². The van der Waals surface area contributed by atoms with E-state index in [2.05, 4.69) is 71.7 Å². The molecule has 0 atom stereocenters. The van der Waals surface area contributed by atoms with Gasteiger partial charge < -0.3 is 5.11 Å². The third kappa shape index (κ3) is 4.64. The number of hydrogen-bond acceptors (Lipinski definition) is 2. The van der Waals surface area contributed by atoms with E-state index in [0.29, 0.717) is 0 Å². The molecule has 4 nitrogen and oxygen atoms in total. The van der Waals surface area contributed by atoms with E-state index in [1.165, 1.54) is 16.7 Å². The zero-order chi connectivity index (χ0) is 21.6. The summed E-state index contributed by atoms with van der Waals surface area (Å²) in [6.07, 6.45) is 6.59. The molecule has 0 saturated heterocycles. The number of allylic oxidation sites excluding steroid dienone is 1. The summed E-state index contributed by atoms with van der Waals surface area (Å²) in [5.41, 5.74) is 7.78. The number of benzene rings is 3. The Morgan fingerprint density at radius 1 is 0.968 bits per heavy atom. The topological polar surface area (TPSA) is 66.0 Å². The van der Waals surface area contributed by atoms with Gasteiger partial charge in [-0.15, -0.1) is 0 Å². The van der Waals surface area contributed by atoms with Gasteiger partial charge in [0.1, 0.15) is 0 Å². The molecule has 0 aliphatic rings. The van der Waals surface area contributed by atoms with Gasteiger partial charge in [0.25, 0.3) is 0 Å². The van der Waals surface area contributed by atoms with Crippen LogP contribution in [0.5, 0.6) is 0 Å². The average molecular weight is 409 g/mol. The largest absolute Gasteiger partial charge is 0.478 e. The number of H-pyrrole nitrogens is 1. The van der Waals surface area contributed by atoms with Crippen molar-refractivity contribution < 1.29 is 9.90 Å². The quantitative estimate of drug-likeness (QED) is 0.274. The van der Waals surface area contributed by atoms with Crippen molar-refractivity contribution in [3.63, 3.8) is 0 Å². The number of carbonyl (C=O) groups is 1. The van der Waals surface area contributed by atoms with Crippen molar-refractivity contribution in [2.75, 3.05) is 0 Å². The summed E-state index contributed by atoms with van der Waals surface area (Å²) in [4.78, 5) is 10.8. The van der Waals surface area contributed by atoms with Gasteiger partial charge >= 0.3 is 5.97 Å². The maximum absolute atomic E-state index is 10.8. The standard InChI is InChI=1S/C27H24N2O2/c1-2-6-24(20-7-4-3-5-8-20)27(22-14-15-25-23(17-22)18-28-29-25)21-12-9-19(10-13-21)11-16-26(30)31/h3-5,7-18H,2,6H2,1H3,(H,28,29)(H,30,31). The van der Waals surface area contributed by atoms with Gasteiger partial charge in [0.05, 0.1) is 11.7 Å². The number of nitrogens with one attached hydrogen (secondary N) is 1. The Kier molecular flexibility index (Phi) is 6.08. The highest BCUT2D eigenvalue weighted by Crippen LogP contribution is 2.36. The Balaban J connectivity index is 1.91. The molecule has 2 N–H and O–H groups in total. The lowest BCUT2D eigenvalue weighted by Crippen LogP contribution is -1.96. The number of fused-ring (bicyclic) bond motifs is 1. The fourth-order valence-corrected chi connectivity index (χ4v) is 3.84. The zero-order valence-electron chi connectivity index (χ0n) is 17.4. The van der Waals surface area contributed by atoms with Gasteiger partial charge in [-0.2, -0.15) is 5.10 Å². The molecule has 0 aliphatic carbocycles. The van der Waals surface area contributed by atoms with Crippen LogP contribution in [0.3, 0.4) is 0 Å². The summed E-state index contributed by atoms with van der Waals surface area (Å²) in [6, 6.07) is 24.9. The lowest BCUT2D eigenvalue weighted by Gasteiger charge is -2.17. The van der Waals surface area contributed by atoms with Crippen molar-refractivity contribution in [1.82, 2.24) is 10.2 Å². The number of nitrogens with zero attached hydrogens (tertiary/aromatic N) is 1. The monoisotopic (exact) mass is 408 g/mol. The number of aromatic nitrogens is 2. The lowest BCUT2D eigenvalue weighted by molar-refractivity contribution is -0.131. The Labute approximate surface area is 181 Å². The van der Waals surface area contributed by atoms with Crippen LogP contribution in [0.2, 0.25) is 0 Å². The predicted molar refractivity (Wildman–Crippen MR) is 126 cm³/mol. The fourth-order valence-electron chi connectivity index (χ4n) is 3.84. The highest BCUT2D eigenvalue weighted by Gasteiger charge is 2.14. The molecule has 0 fully saturated rings. The molecule has 0 spiro atoms. The van der Waals surface area contributed by atoms with Crippen molar-refractivity contribution in [3.8, 4) is 0 Å². The Hall–Kier alpha value is -3.92. The van der Waals surface area contributed by atoms with Crippen LogP contribution in [-0.2, 0) is 4.79 Å². The highest BCUT2D eigenvalue weighted by atomic mass is 16.4. The van der Waals surface area contributed by atoms with Gasteiger partial charge in [-0.05, 0) is 58.0 Å². The molecule has 4 aromatic rings. The molecule has 154 valence electrons. The molecule has 31 heavy (non-hydrogen) atoms. The minimum Gasteiger partial charge on any atom is -0.478 e. The molecular formula is C27H24N2O2. The molecule has 0 unspecified atom stereocenters. The van der Waals surface area contributed by atoms with Crippen LogP contribution in [-0.4, -0.2) is 21.3 Å². The van der Waals surface area contributed by atoms with E-state index in [-0.39, 0.29) is 0 Å². The zero-order valence-corrected chi connectivity index (χ0v) is 17.4. The highest BCUT2D eigenvalue weighted by molar-refractivity contribution is 6.00. The molecule has 4 heteroatoms. The van der Waals surface area contributed by atoms with Crippen LogP contribution in [0.15, 0.2) is 85.1 Å². The van der Waals surface area contributed by atoms with E-state index in [0.717, 1.165) is 46.5 Å². The van der Waals surface area contributed by atoms with E-state index in [1.54, 1.807) is 6.08 Å². The van der Waals surface area contributed by atoms with Crippen LogP contribution in [0, 0.1) is 0 Å². The lowest BCUT2D eigenvalue weighted by atomic mass is 9.87. The third-order valence-electron chi connectivity index (χ3n) is 5.27. The SMILES string of the molecule is CCCC(=C(c1ccc(C=CC(=O)O)cc1)c1ccc2[nH]ncc2c1)c1ccccc1. The summed E-state index contributed by atoms with van der Waals surface area (Å²) < 4.78 is 0. The van der Waals surface area contributed by atoms with Gasteiger partial charge in [0, 0.05) is 11.5 Å². The first-order valence-electron chi connectivity index (χ1n) is 10.4. The molecule has 3 aromatic carbocycles. The van der Waals surface area contributed by atoms with Crippen LogP contribution >= 0.6 is 0 Å². The molecule has 0 amide bonds. The van der Waals surface area contributed by atoms with Crippen LogP contribution in [0.1, 0.15) is 42.0 Å². The van der Waals surface area contributed by atoms with Crippen molar-refractivity contribution >= 4 is 34.1 Å². The number of carboxylic acid groups (broad SMARTS) is 1. The first-order chi connectivity index (χ1) is 15.2. The molecule has 0 bridgehead atoms.